The van der Waals surface area contributed by atoms with Crippen LogP contribution in [0.4, 0.5) is 0 Å². The highest BCUT2D eigenvalue weighted by Crippen LogP contribution is 1.87. The fourth-order valence-electron chi connectivity index (χ4n) is 0.670. The molecule has 1 aliphatic heterocycles. The monoisotopic (exact) mass is 121 g/mol. The van der Waals surface area contributed by atoms with Crippen molar-refractivity contribution >= 4 is 0 Å². The summed E-state index contributed by atoms with van der Waals surface area (Å²) in [4.78, 5) is 0. The second-order valence-corrected chi connectivity index (χ2v) is 1.90. The van der Waals surface area contributed by atoms with E-state index < -0.39 is 0 Å². The highest BCUT2D eigenvalue weighted by atomic mass is 14.8. The molecule has 1 N–H and O–H groups in total. The Morgan fingerprint density at radius 2 is 1.89 bits per heavy atom. The number of hydrogen-bond acceptors (Lipinski definition) is 1. The largest absolute Gasteiger partial charge is 0.388 e. The van der Waals surface area contributed by atoms with Crippen molar-refractivity contribution in [3.05, 3.63) is 36.6 Å². The lowest BCUT2D eigenvalue weighted by Crippen LogP contribution is -2.02. The van der Waals surface area contributed by atoms with Crippen molar-refractivity contribution < 1.29 is 0 Å². The summed E-state index contributed by atoms with van der Waals surface area (Å²) in [6.07, 6.45) is 13.4. The average molecular weight is 121 g/mol. The van der Waals surface area contributed by atoms with Crippen LogP contribution in [0, 0.1) is 0 Å². The Balaban J connectivity index is 2.43. The number of hydrogen-bond donors (Lipinski definition) is 1. The van der Waals surface area contributed by atoms with E-state index in [1.54, 1.807) is 0 Å². The Kier molecular flexibility index (Phi) is 2.70. The zero-order valence-electron chi connectivity index (χ0n) is 5.38. The van der Waals surface area contributed by atoms with E-state index in [1.165, 1.54) is 0 Å². The zero-order chi connectivity index (χ0) is 6.36. The second kappa shape index (κ2) is 3.96. The fourth-order valence-corrected chi connectivity index (χ4v) is 0.670. The van der Waals surface area contributed by atoms with Crippen LogP contribution >= 0.6 is 0 Å². The van der Waals surface area contributed by atoms with Crippen LogP contribution in [0.25, 0.3) is 0 Å². The lowest BCUT2D eigenvalue weighted by Gasteiger charge is -1.89. The third-order valence-corrected chi connectivity index (χ3v) is 1.13. The first-order chi connectivity index (χ1) is 4.50. The van der Waals surface area contributed by atoms with Crippen LogP contribution in [0.1, 0.15) is 6.42 Å². The molecular weight excluding hydrogens is 110 g/mol. The van der Waals surface area contributed by atoms with Crippen molar-refractivity contribution in [1.29, 1.82) is 0 Å². The van der Waals surface area contributed by atoms with Gasteiger partial charge < -0.3 is 5.32 Å². The normalized spacial score (nSPS) is 28.4. The fraction of sp³-hybridized carbons (Fsp3) is 0.250. The number of nitrogens with one attached hydrogen (secondary N) is 1. The van der Waals surface area contributed by atoms with E-state index in [1.807, 2.05) is 6.20 Å². The SMILES string of the molecule is C1=C\C/C=C\NC\C=C/1. The zero-order valence-corrected chi connectivity index (χ0v) is 5.38. The lowest BCUT2D eigenvalue weighted by molar-refractivity contribution is 0.981. The van der Waals surface area contributed by atoms with Gasteiger partial charge in [0.1, 0.15) is 0 Å². The van der Waals surface area contributed by atoms with E-state index in [2.05, 4.69) is 35.7 Å². The molecule has 1 nitrogen and oxygen atoms in total. The van der Waals surface area contributed by atoms with E-state index in [-0.39, 0.29) is 0 Å². The average Bonchev–Trinajstić information content (AvgIpc) is 2.00. The van der Waals surface area contributed by atoms with Gasteiger partial charge in [0.25, 0.3) is 0 Å². The molecule has 0 unspecified atom stereocenters. The summed E-state index contributed by atoms with van der Waals surface area (Å²) < 4.78 is 0. The summed E-state index contributed by atoms with van der Waals surface area (Å²) >= 11 is 0. The Bertz CT molecular complexity index is 143. The van der Waals surface area contributed by atoms with Gasteiger partial charge in [-0.25, -0.2) is 0 Å². The molecule has 9 heavy (non-hydrogen) atoms. The molecule has 48 valence electrons. The van der Waals surface area contributed by atoms with Gasteiger partial charge in [-0.2, -0.15) is 0 Å². The summed E-state index contributed by atoms with van der Waals surface area (Å²) in [7, 11) is 0. The van der Waals surface area contributed by atoms with E-state index in [4.69, 9.17) is 0 Å². The Labute approximate surface area is 55.8 Å². The van der Waals surface area contributed by atoms with Crippen LogP contribution in [-0.4, -0.2) is 6.54 Å². The Morgan fingerprint density at radius 3 is 2.89 bits per heavy atom. The number of allylic oxidation sites excluding steroid dienone is 4. The summed E-state index contributed by atoms with van der Waals surface area (Å²) in [5.41, 5.74) is 0. The molecule has 0 aliphatic carbocycles. The Morgan fingerprint density at radius 1 is 1.00 bits per heavy atom. The molecule has 0 atom stereocenters. The minimum absolute atomic E-state index is 0.931. The molecule has 0 amide bonds. The Hall–Kier alpha value is -0.980. The van der Waals surface area contributed by atoms with Gasteiger partial charge in [-0.1, -0.05) is 30.4 Å². The van der Waals surface area contributed by atoms with Gasteiger partial charge in [0.15, 0.2) is 0 Å². The molecule has 0 saturated heterocycles. The van der Waals surface area contributed by atoms with Gasteiger partial charge in [-0.15, -0.1) is 0 Å². The minimum atomic E-state index is 0.931. The predicted octanol–water partition coefficient (Wildman–Crippen LogP) is 1.61. The van der Waals surface area contributed by atoms with E-state index in [0.717, 1.165) is 13.0 Å². The third-order valence-electron chi connectivity index (χ3n) is 1.13. The van der Waals surface area contributed by atoms with Crippen molar-refractivity contribution in [2.75, 3.05) is 6.54 Å². The minimum Gasteiger partial charge on any atom is -0.388 e. The van der Waals surface area contributed by atoms with Gasteiger partial charge in [0.05, 0.1) is 0 Å². The van der Waals surface area contributed by atoms with Gasteiger partial charge in [-0.05, 0) is 12.6 Å². The highest BCUT2D eigenvalue weighted by molar-refractivity contribution is 5.07. The van der Waals surface area contributed by atoms with E-state index in [0.29, 0.717) is 0 Å². The topological polar surface area (TPSA) is 12.0 Å². The van der Waals surface area contributed by atoms with Crippen molar-refractivity contribution in [2.45, 2.75) is 6.42 Å². The van der Waals surface area contributed by atoms with Crippen molar-refractivity contribution in [3.8, 4) is 0 Å². The van der Waals surface area contributed by atoms with Crippen LogP contribution in [0.2, 0.25) is 0 Å². The van der Waals surface area contributed by atoms with Gasteiger partial charge in [-0.3, -0.25) is 0 Å². The van der Waals surface area contributed by atoms with Gasteiger partial charge >= 0.3 is 0 Å². The third kappa shape index (κ3) is 2.75. The molecule has 0 bridgehead atoms. The second-order valence-electron chi connectivity index (χ2n) is 1.90. The van der Waals surface area contributed by atoms with Crippen LogP contribution in [0.15, 0.2) is 36.6 Å². The molecule has 0 spiro atoms. The quantitative estimate of drug-likeness (QED) is 0.513. The molecule has 1 heteroatoms. The van der Waals surface area contributed by atoms with Crippen molar-refractivity contribution in [1.82, 2.24) is 5.32 Å². The summed E-state index contributed by atoms with van der Waals surface area (Å²) in [5, 5.41) is 3.12. The molecule has 1 heterocycles. The molecule has 1 rings (SSSR count). The first kappa shape index (κ1) is 6.14. The van der Waals surface area contributed by atoms with E-state index >= 15 is 0 Å². The summed E-state index contributed by atoms with van der Waals surface area (Å²) in [5.74, 6) is 0. The molecule has 0 aromatic carbocycles. The molecule has 0 fully saturated rings. The lowest BCUT2D eigenvalue weighted by atomic mass is 10.3. The predicted molar refractivity (Wildman–Crippen MR) is 40.0 cm³/mol. The number of rotatable bonds is 0. The molecule has 0 aromatic heterocycles. The summed E-state index contributed by atoms with van der Waals surface area (Å²) in [6, 6.07) is 0. The molecule has 1 aliphatic rings. The molecular formula is C8H11N. The maximum atomic E-state index is 3.12. The van der Waals surface area contributed by atoms with Gasteiger partial charge in [0, 0.05) is 6.54 Å². The summed E-state index contributed by atoms with van der Waals surface area (Å²) in [6.45, 7) is 0.931. The van der Waals surface area contributed by atoms with Crippen LogP contribution < -0.4 is 5.32 Å². The van der Waals surface area contributed by atoms with Crippen molar-refractivity contribution in [3.63, 3.8) is 0 Å². The van der Waals surface area contributed by atoms with Crippen molar-refractivity contribution in [2.24, 2.45) is 0 Å². The maximum Gasteiger partial charge on any atom is 0.0328 e. The van der Waals surface area contributed by atoms with Gasteiger partial charge in [0.2, 0.25) is 0 Å². The standard InChI is InChI=1S/C8H11N/c1-2-4-6-8-9-7-5-3-1/h1-3,5-6,8-9H,4,7H2/b2-1-,5-3-,8-6-. The molecule has 0 aromatic rings. The van der Waals surface area contributed by atoms with E-state index in [9.17, 15) is 0 Å². The highest BCUT2D eigenvalue weighted by Gasteiger charge is 1.74. The maximum absolute atomic E-state index is 3.12. The van der Waals surface area contributed by atoms with Crippen LogP contribution in [-0.2, 0) is 0 Å². The van der Waals surface area contributed by atoms with Crippen LogP contribution in [0.3, 0.4) is 0 Å². The molecule has 0 saturated carbocycles. The first-order valence-electron chi connectivity index (χ1n) is 3.20. The van der Waals surface area contributed by atoms with Crippen LogP contribution in [0.5, 0.6) is 0 Å². The molecule has 0 radical (unpaired) electrons. The first-order valence-corrected chi connectivity index (χ1v) is 3.20. The smallest absolute Gasteiger partial charge is 0.0328 e.